The maximum Gasteiger partial charge on any atom is 0.122 e. The number of nitrogens with one attached hydrogen (secondary N) is 1. The maximum atomic E-state index is 6.19. The number of ether oxygens (including phenoxy) is 1. The molecule has 4 nitrogen and oxygen atoms in total. The molecule has 0 saturated heterocycles. The lowest BCUT2D eigenvalue weighted by Gasteiger charge is -2.12. The molecule has 0 aliphatic rings. The van der Waals surface area contributed by atoms with Gasteiger partial charge in [-0.15, -0.1) is 0 Å². The Hall–Kier alpha value is -1.55. The first-order valence-corrected chi connectivity index (χ1v) is 6.85. The van der Waals surface area contributed by atoms with Gasteiger partial charge in [-0.25, -0.2) is 0 Å². The van der Waals surface area contributed by atoms with Gasteiger partial charge < -0.3 is 4.74 Å². The third-order valence-electron chi connectivity index (χ3n) is 2.92. The molecule has 0 aliphatic heterocycles. The minimum Gasteiger partial charge on any atom is -0.493 e. The fraction of sp³-hybridized carbons (Fsp3) is 0.429. The Balaban J connectivity index is 2.14. The molecule has 19 heavy (non-hydrogen) atoms. The summed E-state index contributed by atoms with van der Waals surface area (Å²) < 4.78 is 5.79. The number of H-pyrrole nitrogens is 1. The third kappa shape index (κ3) is 3.70. The molecule has 0 fully saturated rings. The van der Waals surface area contributed by atoms with Gasteiger partial charge in [-0.3, -0.25) is 0 Å². The predicted octanol–water partition coefficient (Wildman–Crippen LogP) is 3.34. The second kappa shape index (κ2) is 6.57. The summed E-state index contributed by atoms with van der Waals surface area (Å²) in [5.74, 6) is 0.923. The van der Waals surface area contributed by atoms with Crippen LogP contribution in [0, 0.1) is 6.92 Å². The minimum absolute atomic E-state index is 0.720. The molecule has 5 heteroatoms. The van der Waals surface area contributed by atoms with Crippen LogP contribution in [-0.2, 0) is 12.8 Å². The molecule has 102 valence electrons. The second-order valence-electron chi connectivity index (χ2n) is 4.52. The number of benzene rings is 1. The van der Waals surface area contributed by atoms with E-state index in [0.717, 1.165) is 53.5 Å². The van der Waals surface area contributed by atoms with E-state index in [1.807, 2.05) is 19.1 Å². The fourth-order valence-electron chi connectivity index (χ4n) is 1.85. The van der Waals surface area contributed by atoms with E-state index in [0.29, 0.717) is 0 Å². The largest absolute Gasteiger partial charge is 0.493 e. The maximum absolute atomic E-state index is 6.19. The van der Waals surface area contributed by atoms with Gasteiger partial charge in [-0.05, 0) is 49.4 Å². The van der Waals surface area contributed by atoms with Gasteiger partial charge in [0.1, 0.15) is 5.75 Å². The zero-order valence-corrected chi connectivity index (χ0v) is 12.0. The zero-order valence-electron chi connectivity index (χ0n) is 11.2. The fourth-order valence-corrected chi connectivity index (χ4v) is 2.03. The number of aryl methyl sites for hydroxylation is 3. The van der Waals surface area contributed by atoms with Gasteiger partial charge >= 0.3 is 0 Å². The Morgan fingerprint density at radius 3 is 2.84 bits per heavy atom. The number of nitrogens with zero attached hydrogens (tertiary/aromatic N) is 2. The van der Waals surface area contributed by atoms with Crippen molar-refractivity contribution in [1.29, 1.82) is 0 Å². The van der Waals surface area contributed by atoms with E-state index in [4.69, 9.17) is 16.3 Å². The number of hydrogen-bond donors (Lipinski definition) is 1. The standard InChI is InChI=1S/C14H18ClN3O/c1-3-6-19-14-7-10(2)13(15)8-11(14)4-5-12-9-16-18-17-12/h7-9H,3-6H2,1-2H3,(H,16,17,18). The van der Waals surface area contributed by atoms with Crippen molar-refractivity contribution in [1.82, 2.24) is 15.4 Å². The first-order chi connectivity index (χ1) is 9.20. The van der Waals surface area contributed by atoms with Crippen LogP contribution >= 0.6 is 11.6 Å². The minimum atomic E-state index is 0.720. The average Bonchev–Trinajstić information content (AvgIpc) is 2.91. The van der Waals surface area contributed by atoms with Gasteiger partial charge in [0.2, 0.25) is 0 Å². The molecule has 0 amide bonds. The lowest BCUT2D eigenvalue weighted by atomic mass is 10.1. The van der Waals surface area contributed by atoms with Gasteiger partial charge in [0.15, 0.2) is 0 Å². The summed E-state index contributed by atoms with van der Waals surface area (Å²) in [4.78, 5) is 0. The van der Waals surface area contributed by atoms with Crippen LogP contribution in [-0.4, -0.2) is 22.0 Å². The van der Waals surface area contributed by atoms with Crippen LogP contribution in [0.5, 0.6) is 5.75 Å². The van der Waals surface area contributed by atoms with Crippen molar-refractivity contribution in [3.05, 3.63) is 40.2 Å². The van der Waals surface area contributed by atoms with Gasteiger partial charge in [0, 0.05) is 5.02 Å². The highest BCUT2D eigenvalue weighted by Crippen LogP contribution is 2.28. The molecule has 1 aromatic carbocycles. The van der Waals surface area contributed by atoms with Gasteiger partial charge in [-0.1, -0.05) is 18.5 Å². The first kappa shape index (κ1) is 13.9. The zero-order chi connectivity index (χ0) is 13.7. The summed E-state index contributed by atoms with van der Waals surface area (Å²) >= 11 is 6.19. The van der Waals surface area contributed by atoms with Crippen LogP contribution in [0.2, 0.25) is 5.02 Å². The number of rotatable bonds is 6. The predicted molar refractivity (Wildman–Crippen MR) is 75.8 cm³/mol. The van der Waals surface area contributed by atoms with Crippen LogP contribution in [0.3, 0.4) is 0 Å². The van der Waals surface area contributed by atoms with E-state index in [1.165, 1.54) is 0 Å². The normalized spacial score (nSPS) is 10.7. The van der Waals surface area contributed by atoms with Gasteiger partial charge in [-0.2, -0.15) is 15.4 Å². The van der Waals surface area contributed by atoms with Crippen LogP contribution in [0.4, 0.5) is 0 Å². The van der Waals surface area contributed by atoms with Crippen molar-refractivity contribution in [2.24, 2.45) is 0 Å². The Morgan fingerprint density at radius 1 is 1.32 bits per heavy atom. The van der Waals surface area contributed by atoms with Crippen LogP contribution in [0.15, 0.2) is 18.3 Å². The quantitative estimate of drug-likeness (QED) is 0.882. The molecule has 0 spiro atoms. The van der Waals surface area contributed by atoms with E-state index >= 15 is 0 Å². The summed E-state index contributed by atoms with van der Waals surface area (Å²) in [6, 6.07) is 4.00. The molecule has 2 aromatic rings. The van der Waals surface area contributed by atoms with E-state index < -0.39 is 0 Å². The van der Waals surface area contributed by atoms with E-state index in [1.54, 1.807) is 6.20 Å². The number of hydrogen-bond acceptors (Lipinski definition) is 3. The highest BCUT2D eigenvalue weighted by Gasteiger charge is 2.09. The van der Waals surface area contributed by atoms with Crippen LogP contribution < -0.4 is 4.74 Å². The summed E-state index contributed by atoms with van der Waals surface area (Å²) in [6.07, 6.45) is 4.39. The van der Waals surface area contributed by atoms with Crippen molar-refractivity contribution in [2.75, 3.05) is 6.61 Å². The Bertz CT molecular complexity index is 526. The highest BCUT2D eigenvalue weighted by molar-refractivity contribution is 6.31. The third-order valence-corrected chi connectivity index (χ3v) is 3.33. The molecular weight excluding hydrogens is 262 g/mol. The van der Waals surface area contributed by atoms with Crippen molar-refractivity contribution in [2.45, 2.75) is 33.1 Å². The van der Waals surface area contributed by atoms with Crippen molar-refractivity contribution < 1.29 is 4.74 Å². The van der Waals surface area contributed by atoms with Crippen molar-refractivity contribution in [3.8, 4) is 5.75 Å². The first-order valence-electron chi connectivity index (χ1n) is 6.47. The molecule has 0 unspecified atom stereocenters. The summed E-state index contributed by atoms with van der Waals surface area (Å²) in [6.45, 7) is 4.80. The van der Waals surface area contributed by atoms with E-state index in [2.05, 4.69) is 22.3 Å². The van der Waals surface area contributed by atoms with E-state index in [-0.39, 0.29) is 0 Å². The molecule has 0 saturated carbocycles. The lowest BCUT2D eigenvalue weighted by Crippen LogP contribution is -2.01. The molecule has 0 aliphatic carbocycles. The van der Waals surface area contributed by atoms with Gasteiger partial charge in [0.25, 0.3) is 0 Å². The van der Waals surface area contributed by atoms with Gasteiger partial charge in [0.05, 0.1) is 18.5 Å². The Kier molecular flexibility index (Phi) is 4.80. The molecule has 1 N–H and O–H groups in total. The topological polar surface area (TPSA) is 50.8 Å². The number of aromatic nitrogens is 3. The summed E-state index contributed by atoms with van der Waals surface area (Å²) in [7, 11) is 0. The highest BCUT2D eigenvalue weighted by atomic mass is 35.5. The molecule has 0 bridgehead atoms. The molecular formula is C14H18ClN3O. The van der Waals surface area contributed by atoms with Crippen LogP contribution in [0.1, 0.15) is 30.2 Å². The lowest BCUT2D eigenvalue weighted by molar-refractivity contribution is 0.314. The SMILES string of the molecule is CCCOc1cc(C)c(Cl)cc1CCc1cn[nH]n1. The van der Waals surface area contributed by atoms with Crippen molar-refractivity contribution in [3.63, 3.8) is 0 Å². The Labute approximate surface area is 118 Å². The van der Waals surface area contributed by atoms with E-state index in [9.17, 15) is 0 Å². The number of halogens is 1. The van der Waals surface area contributed by atoms with Crippen molar-refractivity contribution >= 4 is 11.6 Å². The molecule has 1 aromatic heterocycles. The smallest absolute Gasteiger partial charge is 0.122 e. The summed E-state index contributed by atoms with van der Waals surface area (Å²) in [5.41, 5.74) is 3.10. The molecule has 2 rings (SSSR count). The summed E-state index contributed by atoms with van der Waals surface area (Å²) in [5, 5.41) is 11.3. The Morgan fingerprint density at radius 2 is 2.16 bits per heavy atom. The number of aromatic amines is 1. The molecule has 0 atom stereocenters. The average molecular weight is 280 g/mol. The van der Waals surface area contributed by atoms with Crippen LogP contribution in [0.25, 0.3) is 0 Å². The second-order valence-corrected chi connectivity index (χ2v) is 4.93. The monoisotopic (exact) mass is 279 g/mol. The molecule has 0 radical (unpaired) electrons. The molecule has 1 heterocycles.